The SMILES string of the molecule is CCC(C)C(=O)NCCN1C(=O)SC(=Cc2ccc(Cl)cc2Cl)C1=O. The van der Waals surface area contributed by atoms with Crippen LogP contribution in [0.4, 0.5) is 4.79 Å². The molecule has 0 aromatic heterocycles. The van der Waals surface area contributed by atoms with Crippen molar-refractivity contribution < 1.29 is 14.4 Å². The van der Waals surface area contributed by atoms with Gasteiger partial charge < -0.3 is 5.32 Å². The van der Waals surface area contributed by atoms with E-state index in [1.807, 2.05) is 13.8 Å². The quantitative estimate of drug-likeness (QED) is 0.726. The van der Waals surface area contributed by atoms with Crippen molar-refractivity contribution in [2.45, 2.75) is 20.3 Å². The van der Waals surface area contributed by atoms with Crippen molar-refractivity contribution in [3.05, 3.63) is 38.7 Å². The van der Waals surface area contributed by atoms with Crippen LogP contribution in [0.3, 0.4) is 0 Å². The number of thioether (sulfide) groups is 1. The van der Waals surface area contributed by atoms with Crippen LogP contribution in [0, 0.1) is 5.92 Å². The van der Waals surface area contributed by atoms with Crippen LogP contribution in [0.5, 0.6) is 0 Å². The van der Waals surface area contributed by atoms with Crippen molar-refractivity contribution in [3.8, 4) is 0 Å². The summed E-state index contributed by atoms with van der Waals surface area (Å²) in [6, 6.07) is 4.92. The third kappa shape index (κ3) is 5.00. The Morgan fingerprint density at radius 3 is 2.72 bits per heavy atom. The lowest BCUT2D eigenvalue weighted by atomic mass is 10.1. The van der Waals surface area contributed by atoms with E-state index in [9.17, 15) is 14.4 Å². The van der Waals surface area contributed by atoms with Gasteiger partial charge in [-0.25, -0.2) is 0 Å². The standard InChI is InChI=1S/C17H18Cl2N2O3S/c1-3-10(2)15(22)20-6-7-21-16(23)14(25-17(21)24)8-11-4-5-12(18)9-13(11)19/h4-5,8-10H,3,6-7H2,1-2H3,(H,20,22). The van der Waals surface area contributed by atoms with E-state index in [4.69, 9.17) is 23.2 Å². The van der Waals surface area contributed by atoms with Gasteiger partial charge in [0.15, 0.2) is 0 Å². The molecule has 1 heterocycles. The summed E-state index contributed by atoms with van der Waals surface area (Å²) in [5, 5.41) is 3.27. The van der Waals surface area contributed by atoms with E-state index >= 15 is 0 Å². The van der Waals surface area contributed by atoms with Gasteiger partial charge in [0.25, 0.3) is 11.1 Å². The van der Waals surface area contributed by atoms with Crippen LogP contribution in [-0.4, -0.2) is 35.0 Å². The first-order chi connectivity index (χ1) is 11.8. The highest BCUT2D eigenvalue weighted by Gasteiger charge is 2.34. The summed E-state index contributed by atoms with van der Waals surface area (Å²) < 4.78 is 0. The zero-order chi connectivity index (χ0) is 18.6. The third-order valence-electron chi connectivity index (χ3n) is 3.82. The molecule has 1 aromatic rings. The number of nitrogens with zero attached hydrogens (tertiary/aromatic N) is 1. The molecule has 1 aliphatic rings. The molecular formula is C17H18Cl2N2O3S. The van der Waals surface area contributed by atoms with E-state index < -0.39 is 0 Å². The highest BCUT2D eigenvalue weighted by atomic mass is 35.5. The number of nitrogens with one attached hydrogen (secondary N) is 1. The van der Waals surface area contributed by atoms with E-state index in [1.54, 1.807) is 24.3 Å². The minimum Gasteiger partial charge on any atom is -0.354 e. The second-order valence-corrected chi connectivity index (χ2v) is 7.44. The Balaban J connectivity index is 2.02. The Kier molecular flexibility index (Phi) is 6.93. The van der Waals surface area contributed by atoms with Crippen LogP contribution in [0.2, 0.25) is 10.0 Å². The topological polar surface area (TPSA) is 66.5 Å². The Bertz CT molecular complexity index is 737. The Morgan fingerprint density at radius 2 is 2.08 bits per heavy atom. The summed E-state index contributed by atoms with van der Waals surface area (Å²) in [7, 11) is 0. The number of rotatable bonds is 6. The Hall–Kier alpha value is -1.50. The molecule has 0 aliphatic carbocycles. The van der Waals surface area contributed by atoms with Gasteiger partial charge in [-0.1, -0.05) is 43.1 Å². The van der Waals surface area contributed by atoms with Crippen LogP contribution in [0.25, 0.3) is 6.08 Å². The van der Waals surface area contributed by atoms with Crippen LogP contribution in [-0.2, 0) is 9.59 Å². The van der Waals surface area contributed by atoms with Gasteiger partial charge >= 0.3 is 0 Å². The molecule has 0 bridgehead atoms. The zero-order valence-electron chi connectivity index (χ0n) is 13.8. The maximum Gasteiger partial charge on any atom is 0.293 e. The molecule has 1 aliphatic heterocycles. The molecule has 0 radical (unpaired) electrons. The van der Waals surface area contributed by atoms with Crippen molar-refractivity contribution in [1.29, 1.82) is 0 Å². The predicted molar refractivity (Wildman–Crippen MR) is 102 cm³/mol. The smallest absolute Gasteiger partial charge is 0.293 e. The number of amides is 3. The number of imide groups is 1. The van der Waals surface area contributed by atoms with Crippen molar-refractivity contribution in [1.82, 2.24) is 10.2 Å². The number of benzene rings is 1. The monoisotopic (exact) mass is 400 g/mol. The fourth-order valence-corrected chi connectivity index (χ4v) is 3.42. The van der Waals surface area contributed by atoms with Crippen LogP contribution in [0.15, 0.2) is 23.1 Å². The fourth-order valence-electron chi connectivity index (χ4n) is 2.10. The normalized spacial score (nSPS) is 17.3. The van der Waals surface area contributed by atoms with Gasteiger partial charge in [-0.05, 0) is 42.0 Å². The van der Waals surface area contributed by atoms with Gasteiger partial charge in [0.2, 0.25) is 5.91 Å². The molecule has 8 heteroatoms. The predicted octanol–water partition coefficient (Wildman–Crippen LogP) is 4.19. The molecule has 134 valence electrons. The van der Waals surface area contributed by atoms with Crippen molar-refractivity contribution >= 4 is 58.1 Å². The molecule has 5 nitrogen and oxygen atoms in total. The summed E-state index contributed by atoms with van der Waals surface area (Å²) in [5.41, 5.74) is 0.613. The summed E-state index contributed by atoms with van der Waals surface area (Å²) in [5.74, 6) is -0.571. The lowest BCUT2D eigenvalue weighted by Crippen LogP contribution is -2.38. The molecule has 1 fully saturated rings. The molecule has 0 spiro atoms. The van der Waals surface area contributed by atoms with Crippen molar-refractivity contribution in [2.24, 2.45) is 5.92 Å². The van der Waals surface area contributed by atoms with Crippen molar-refractivity contribution in [3.63, 3.8) is 0 Å². The average Bonchev–Trinajstić information content (AvgIpc) is 2.83. The zero-order valence-corrected chi connectivity index (χ0v) is 16.2. The summed E-state index contributed by atoms with van der Waals surface area (Å²) in [6.45, 7) is 4.12. The number of hydrogen-bond acceptors (Lipinski definition) is 4. The first-order valence-corrected chi connectivity index (χ1v) is 9.38. The molecule has 1 aromatic carbocycles. The number of hydrogen-bond donors (Lipinski definition) is 1. The van der Waals surface area contributed by atoms with E-state index in [2.05, 4.69) is 5.32 Å². The number of carbonyl (C=O) groups is 3. The minimum absolute atomic E-state index is 0.0852. The van der Waals surface area contributed by atoms with Gasteiger partial charge in [-0.2, -0.15) is 0 Å². The van der Waals surface area contributed by atoms with E-state index in [1.165, 1.54) is 0 Å². The molecule has 0 saturated carbocycles. The fraction of sp³-hybridized carbons (Fsp3) is 0.353. The largest absolute Gasteiger partial charge is 0.354 e. The number of halogens is 2. The van der Waals surface area contributed by atoms with Crippen LogP contribution < -0.4 is 5.32 Å². The Labute approximate surface area is 160 Å². The van der Waals surface area contributed by atoms with E-state index in [0.29, 0.717) is 20.5 Å². The van der Waals surface area contributed by atoms with Crippen LogP contribution in [0.1, 0.15) is 25.8 Å². The molecule has 25 heavy (non-hydrogen) atoms. The minimum atomic E-state index is -0.390. The third-order valence-corrected chi connectivity index (χ3v) is 5.29. The van der Waals surface area contributed by atoms with E-state index in [0.717, 1.165) is 23.1 Å². The van der Waals surface area contributed by atoms with Crippen molar-refractivity contribution in [2.75, 3.05) is 13.1 Å². The second kappa shape index (κ2) is 8.74. The maximum absolute atomic E-state index is 12.4. The van der Waals surface area contributed by atoms with Gasteiger partial charge in [-0.15, -0.1) is 0 Å². The molecule has 3 amide bonds. The summed E-state index contributed by atoms with van der Waals surface area (Å²) >= 11 is 12.8. The highest BCUT2D eigenvalue weighted by molar-refractivity contribution is 8.18. The van der Waals surface area contributed by atoms with Gasteiger partial charge in [0, 0.05) is 29.1 Å². The summed E-state index contributed by atoms with van der Waals surface area (Å²) in [6.07, 6.45) is 2.30. The van der Waals surface area contributed by atoms with Crippen LogP contribution >= 0.6 is 35.0 Å². The first kappa shape index (κ1) is 19.8. The molecule has 1 unspecified atom stereocenters. The molecule has 2 rings (SSSR count). The maximum atomic E-state index is 12.4. The van der Waals surface area contributed by atoms with E-state index in [-0.39, 0.29) is 36.1 Å². The Morgan fingerprint density at radius 1 is 1.36 bits per heavy atom. The van der Waals surface area contributed by atoms with Gasteiger partial charge in [0.05, 0.1) is 4.91 Å². The summed E-state index contributed by atoms with van der Waals surface area (Å²) in [4.78, 5) is 37.6. The second-order valence-electron chi connectivity index (χ2n) is 5.60. The molecule has 1 atom stereocenters. The lowest BCUT2D eigenvalue weighted by Gasteiger charge is -2.14. The molecule has 1 N–H and O–H groups in total. The average molecular weight is 401 g/mol. The highest BCUT2D eigenvalue weighted by Crippen LogP contribution is 2.33. The lowest BCUT2D eigenvalue weighted by molar-refractivity contribution is -0.126. The number of carbonyl (C=O) groups excluding carboxylic acids is 3. The van der Waals surface area contributed by atoms with Gasteiger partial charge in [-0.3, -0.25) is 19.3 Å². The first-order valence-electron chi connectivity index (χ1n) is 7.81. The molecular weight excluding hydrogens is 383 g/mol. The molecule has 1 saturated heterocycles. The van der Waals surface area contributed by atoms with Gasteiger partial charge in [0.1, 0.15) is 0 Å².